The Morgan fingerprint density at radius 1 is 1.35 bits per heavy atom. The zero-order valence-electron chi connectivity index (χ0n) is 9.05. The van der Waals surface area contributed by atoms with E-state index in [1.54, 1.807) is 13.3 Å². The van der Waals surface area contributed by atoms with Crippen LogP contribution in [0.1, 0.15) is 0 Å². The van der Waals surface area contributed by atoms with Crippen LogP contribution in [0.15, 0.2) is 45.0 Å². The summed E-state index contributed by atoms with van der Waals surface area (Å²) in [5.41, 5.74) is 6.56. The van der Waals surface area contributed by atoms with Gasteiger partial charge in [-0.2, -0.15) is 4.98 Å². The quantitative estimate of drug-likeness (QED) is 0.697. The standard InChI is InChI=1S/C11H10BrN3OS/c1-16-10-7(12)6-14-11(15-10)17-9-5-3-2-4-8(9)13/h2-6H,13H2,1H3. The number of nitrogens with zero attached hydrogens (tertiary/aromatic N) is 2. The van der Waals surface area contributed by atoms with Crippen LogP contribution in [-0.2, 0) is 0 Å². The Labute approximate surface area is 112 Å². The second-order valence-electron chi connectivity index (χ2n) is 3.15. The lowest BCUT2D eigenvalue weighted by atomic mass is 10.3. The van der Waals surface area contributed by atoms with E-state index in [0.717, 1.165) is 9.37 Å². The third-order valence-corrected chi connectivity index (χ3v) is 3.52. The van der Waals surface area contributed by atoms with Crippen molar-refractivity contribution >= 4 is 33.4 Å². The molecule has 0 aliphatic rings. The molecule has 0 aliphatic heterocycles. The molecule has 2 N–H and O–H groups in total. The van der Waals surface area contributed by atoms with Crippen molar-refractivity contribution in [3.8, 4) is 5.88 Å². The SMILES string of the molecule is COc1nc(Sc2ccccc2N)ncc1Br. The highest BCUT2D eigenvalue weighted by atomic mass is 79.9. The number of aromatic nitrogens is 2. The second-order valence-corrected chi connectivity index (χ2v) is 5.01. The number of nitrogen functional groups attached to an aromatic ring is 1. The van der Waals surface area contributed by atoms with Crippen molar-refractivity contribution in [2.24, 2.45) is 0 Å². The zero-order valence-corrected chi connectivity index (χ0v) is 11.5. The molecule has 0 amide bonds. The molecule has 1 aromatic heterocycles. The normalized spacial score (nSPS) is 10.2. The minimum absolute atomic E-state index is 0.511. The van der Waals surface area contributed by atoms with Gasteiger partial charge < -0.3 is 10.5 Å². The molecule has 88 valence electrons. The van der Waals surface area contributed by atoms with Crippen molar-refractivity contribution in [2.45, 2.75) is 10.1 Å². The Balaban J connectivity index is 2.28. The molecule has 0 unspecified atom stereocenters. The molecule has 0 spiro atoms. The van der Waals surface area contributed by atoms with E-state index in [4.69, 9.17) is 10.5 Å². The predicted molar refractivity (Wildman–Crippen MR) is 71.3 cm³/mol. The highest BCUT2D eigenvalue weighted by molar-refractivity contribution is 9.10. The minimum atomic E-state index is 0.511. The summed E-state index contributed by atoms with van der Waals surface area (Å²) in [6.07, 6.45) is 1.66. The fraction of sp³-hybridized carbons (Fsp3) is 0.0909. The van der Waals surface area contributed by atoms with Crippen molar-refractivity contribution in [3.05, 3.63) is 34.9 Å². The molecule has 2 aromatic rings. The van der Waals surface area contributed by atoms with Crippen LogP contribution in [0.4, 0.5) is 5.69 Å². The highest BCUT2D eigenvalue weighted by Crippen LogP contribution is 2.31. The number of hydrogen-bond acceptors (Lipinski definition) is 5. The number of anilines is 1. The lowest BCUT2D eigenvalue weighted by Crippen LogP contribution is -1.94. The number of ether oxygens (including phenoxy) is 1. The molecule has 6 heteroatoms. The van der Waals surface area contributed by atoms with Gasteiger partial charge in [-0.1, -0.05) is 12.1 Å². The van der Waals surface area contributed by atoms with Gasteiger partial charge in [0.2, 0.25) is 5.88 Å². The smallest absolute Gasteiger partial charge is 0.231 e. The molecule has 4 nitrogen and oxygen atoms in total. The number of benzene rings is 1. The van der Waals surface area contributed by atoms with Crippen molar-refractivity contribution in [1.82, 2.24) is 9.97 Å². The van der Waals surface area contributed by atoms with Gasteiger partial charge in [-0.15, -0.1) is 0 Å². The van der Waals surface area contributed by atoms with Crippen LogP contribution in [0, 0.1) is 0 Å². The summed E-state index contributed by atoms with van der Waals surface area (Å²) in [4.78, 5) is 9.37. The Bertz CT molecular complexity index is 536. The number of hydrogen-bond donors (Lipinski definition) is 1. The van der Waals surface area contributed by atoms with E-state index in [-0.39, 0.29) is 0 Å². The second kappa shape index (κ2) is 5.37. The van der Waals surface area contributed by atoms with E-state index in [9.17, 15) is 0 Å². The van der Waals surface area contributed by atoms with Crippen LogP contribution in [0.25, 0.3) is 0 Å². The average Bonchev–Trinajstić information content (AvgIpc) is 2.34. The van der Waals surface area contributed by atoms with Gasteiger partial charge in [0.1, 0.15) is 0 Å². The number of halogens is 1. The van der Waals surface area contributed by atoms with Gasteiger partial charge in [0.15, 0.2) is 5.16 Å². The first-order valence-electron chi connectivity index (χ1n) is 4.79. The minimum Gasteiger partial charge on any atom is -0.480 e. The van der Waals surface area contributed by atoms with E-state index >= 15 is 0 Å². The molecule has 1 aromatic carbocycles. The molecule has 17 heavy (non-hydrogen) atoms. The topological polar surface area (TPSA) is 61.0 Å². The number of para-hydroxylation sites is 1. The van der Waals surface area contributed by atoms with E-state index in [2.05, 4.69) is 25.9 Å². The first-order chi connectivity index (χ1) is 8.20. The Morgan fingerprint density at radius 3 is 2.82 bits per heavy atom. The summed E-state index contributed by atoms with van der Waals surface area (Å²) < 4.78 is 5.84. The maximum atomic E-state index is 5.85. The van der Waals surface area contributed by atoms with E-state index in [0.29, 0.717) is 16.7 Å². The molecule has 0 radical (unpaired) electrons. The Kier molecular flexibility index (Phi) is 3.86. The van der Waals surface area contributed by atoms with Crippen LogP contribution in [0.3, 0.4) is 0 Å². The molecular formula is C11H10BrN3OS. The Morgan fingerprint density at radius 2 is 2.12 bits per heavy atom. The molecule has 0 saturated carbocycles. The summed E-state index contributed by atoms with van der Waals surface area (Å²) in [6, 6.07) is 7.59. The van der Waals surface area contributed by atoms with Crippen LogP contribution in [0.2, 0.25) is 0 Å². The Hall–Kier alpha value is -1.27. The van der Waals surface area contributed by atoms with E-state index < -0.39 is 0 Å². The zero-order chi connectivity index (χ0) is 12.3. The molecule has 0 fully saturated rings. The van der Waals surface area contributed by atoms with Crippen LogP contribution < -0.4 is 10.5 Å². The fourth-order valence-corrected chi connectivity index (χ4v) is 2.32. The first kappa shape index (κ1) is 12.2. The van der Waals surface area contributed by atoms with Crippen molar-refractivity contribution in [3.63, 3.8) is 0 Å². The highest BCUT2D eigenvalue weighted by Gasteiger charge is 2.08. The molecule has 0 atom stereocenters. The van der Waals surface area contributed by atoms with Crippen LogP contribution >= 0.6 is 27.7 Å². The summed E-state index contributed by atoms with van der Waals surface area (Å²) >= 11 is 4.71. The van der Waals surface area contributed by atoms with Crippen molar-refractivity contribution in [1.29, 1.82) is 0 Å². The molecule has 2 rings (SSSR count). The lowest BCUT2D eigenvalue weighted by Gasteiger charge is -2.05. The monoisotopic (exact) mass is 311 g/mol. The number of rotatable bonds is 3. The van der Waals surface area contributed by atoms with Gasteiger partial charge in [0.05, 0.1) is 11.6 Å². The number of methoxy groups -OCH3 is 1. The van der Waals surface area contributed by atoms with Gasteiger partial charge in [-0.05, 0) is 39.8 Å². The average molecular weight is 312 g/mol. The van der Waals surface area contributed by atoms with Crippen molar-refractivity contribution in [2.75, 3.05) is 12.8 Å². The summed E-state index contributed by atoms with van der Waals surface area (Å²) in [5, 5.41) is 0.600. The molecular weight excluding hydrogens is 302 g/mol. The molecule has 1 heterocycles. The van der Waals surface area contributed by atoms with Crippen LogP contribution in [0.5, 0.6) is 5.88 Å². The van der Waals surface area contributed by atoms with Gasteiger partial charge in [0.25, 0.3) is 0 Å². The number of nitrogens with two attached hydrogens (primary N) is 1. The van der Waals surface area contributed by atoms with Crippen LogP contribution in [-0.4, -0.2) is 17.1 Å². The fourth-order valence-electron chi connectivity index (χ4n) is 1.20. The molecule has 0 bridgehead atoms. The third-order valence-electron chi connectivity index (χ3n) is 2.00. The first-order valence-corrected chi connectivity index (χ1v) is 6.40. The molecule has 0 saturated heterocycles. The van der Waals surface area contributed by atoms with Gasteiger partial charge in [0, 0.05) is 16.8 Å². The predicted octanol–water partition coefficient (Wildman–Crippen LogP) is 2.98. The van der Waals surface area contributed by atoms with Gasteiger partial charge in [-0.25, -0.2) is 4.98 Å². The largest absolute Gasteiger partial charge is 0.480 e. The van der Waals surface area contributed by atoms with Crippen molar-refractivity contribution < 1.29 is 4.74 Å². The van der Waals surface area contributed by atoms with Gasteiger partial charge >= 0.3 is 0 Å². The molecule has 0 aliphatic carbocycles. The summed E-state index contributed by atoms with van der Waals surface area (Å²) in [6.45, 7) is 0. The van der Waals surface area contributed by atoms with E-state index in [1.807, 2.05) is 24.3 Å². The maximum Gasteiger partial charge on any atom is 0.231 e. The maximum absolute atomic E-state index is 5.85. The van der Waals surface area contributed by atoms with Gasteiger partial charge in [-0.3, -0.25) is 0 Å². The van der Waals surface area contributed by atoms with E-state index in [1.165, 1.54) is 11.8 Å². The summed E-state index contributed by atoms with van der Waals surface area (Å²) in [5.74, 6) is 0.511. The third kappa shape index (κ3) is 2.89. The summed E-state index contributed by atoms with van der Waals surface area (Å²) in [7, 11) is 1.57. The lowest BCUT2D eigenvalue weighted by molar-refractivity contribution is 0.389.